The molecular formula is C24H25ClN4O3. The van der Waals surface area contributed by atoms with Crippen LogP contribution in [0.5, 0.6) is 0 Å². The fourth-order valence-corrected chi connectivity index (χ4v) is 4.92. The van der Waals surface area contributed by atoms with E-state index in [2.05, 4.69) is 10.4 Å². The highest BCUT2D eigenvalue weighted by Crippen LogP contribution is 2.38. The van der Waals surface area contributed by atoms with E-state index in [1.165, 1.54) is 0 Å². The number of carbonyl (C=O) groups is 2. The van der Waals surface area contributed by atoms with E-state index < -0.39 is 5.54 Å². The standard InChI is InChI=1S/C24H25ClN4O3/c1-15-17(25)9-5-10-19(15)29-22(30)20-13-18(21-11-6-12-32-21)27-28(20)14-24(29,2)23(31)26-16-7-3-4-8-16/h5-6,9-13,16H,3-4,7-8,14H2,1-2H3,(H,26,31). The second kappa shape index (κ2) is 7.81. The van der Waals surface area contributed by atoms with Crippen LogP contribution in [0.3, 0.4) is 0 Å². The summed E-state index contributed by atoms with van der Waals surface area (Å²) in [5, 5.41) is 8.32. The van der Waals surface area contributed by atoms with Gasteiger partial charge in [-0.05, 0) is 56.5 Å². The van der Waals surface area contributed by atoms with Gasteiger partial charge in [-0.25, -0.2) is 0 Å². The number of aromatic nitrogens is 2. The summed E-state index contributed by atoms with van der Waals surface area (Å²) in [5.41, 5.74) is 1.16. The zero-order valence-corrected chi connectivity index (χ0v) is 18.9. The van der Waals surface area contributed by atoms with Gasteiger partial charge in [0.15, 0.2) is 5.76 Å². The fourth-order valence-electron chi connectivity index (χ4n) is 4.75. The third kappa shape index (κ3) is 3.32. The highest BCUT2D eigenvalue weighted by atomic mass is 35.5. The zero-order valence-electron chi connectivity index (χ0n) is 18.1. The van der Waals surface area contributed by atoms with E-state index in [1.807, 2.05) is 13.0 Å². The first-order valence-corrected chi connectivity index (χ1v) is 11.3. The Kier molecular flexibility index (Phi) is 5.08. The molecule has 1 aliphatic heterocycles. The molecule has 1 aliphatic carbocycles. The summed E-state index contributed by atoms with van der Waals surface area (Å²) in [7, 11) is 0. The lowest BCUT2D eigenvalue weighted by Gasteiger charge is -2.44. The molecule has 0 spiro atoms. The van der Waals surface area contributed by atoms with E-state index in [9.17, 15) is 9.59 Å². The second-order valence-corrected chi connectivity index (χ2v) is 9.21. The van der Waals surface area contributed by atoms with E-state index in [1.54, 1.807) is 53.1 Å². The van der Waals surface area contributed by atoms with Gasteiger partial charge in [0.05, 0.1) is 12.8 Å². The van der Waals surface area contributed by atoms with Crippen LogP contribution in [0.2, 0.25) is 5.02 Å². The summed E-state index contributed by atoms with van der Waals surface area (Å²) in [6.07, 6.45) is 5.70. The lowest BCUT2D eigenvalue weighted by Crippen LogP contribution is -2.65. The molecule has 1 unspecified atom stereocenters. The lowest BCUT2D eigenvalue weighted by molar-refractivity contribution is -0.127. The van der Waals surface area contributed by atoms with Crippen LogP contribution in [0.15, 0.2) is 47.1 Å². The first-order valence-electron chi connectivity index (χ1n) is 10.9. The highest BCUT2D eigenvalue weighted by molar-refractivity contribution is 6.32. The van der Waals surface area contributed by atoms with Crippen LogP contribution >= 0.6 is 11.6 Å². The predicted molar refractivity (Wildman–Crippen MR) is 122 cm³/mol. The number of carbonyl (C=O) groups excluding carboxylic acids is 2. The quantitative estimate of drug-likeness (QED) is 0.628. The van der Waals surface area contributed by atoms with E-state index in [0.717, 1.165) is 31.2 Å². The Labute approximate surface area is 191 Å². The van der Waals surface area contributed by atoms with Gasteiger partial charge in [0, 0.05) is 22.8 Å². The Morgan fingerprint density at radius 3 is 2.75 bits per heavy atom. The summed E-state index contributed by atoms with van der Waals surface area (Å²) in [6.45, 7) is 3.88. The number of amides is 2. The Bertz CT molecular complexity index is 1180. The molecule has 2 aromatic heterocycles. The van der Waals surface area contributed by atoms with Crippen LogP contribution in [0.1, 0.15) is 48.7 Å². The van der Waals surface area contributed by atoms with Crippen molar-refractivity contribution in [1.29, 1.82) is 0 Å². The van der Waals surface area contributed by atoms with Crippen molar-refractivity contribution in [1.82, 2.24) is 15.1 Å². The van der Waals surface area contributed by atoms with Crippen molar-refractivity contribution < 1.29 is 14.0 Å². The van der Waals surface area contributed by atoms with Crippen molar-refractivity contribution in [3.05, 3.63) is 58.9 Å². The van der Waals surface area contributed by atoms with Gasteiger partial charge in [-0.3, -0.25) is 19.2 Å². The van der Waals surface area contributed by atoms with Gasteiger partial charge in [0.1, 0.15) is 16.9 Å². The average Bonchev–Trinajstić information content (AvgIpc) is 3.52. The Morgan fingerprint density at radius 1 is 1.25 bits per heavy atom. The molecule has 5 rings (SSSR count). The maximum absolute atomic E-state index is 13.8. The molecule has 1 atom stereocenters. The predicted octanol–water partition coefficient (Wildman–Crippen LogP) is 4.58. The number of benzene rings is 1. The first-order chi connectivity index (χ1) is 15.4. The summed E-state index contributed by atoms with van der Waals surface area (Å²) < 4.78 is 7.09. The molecule has 0 radical (unpaired) electrons. The number of nitrogens with one attached hydrogen (secondary N) is 1. The summed E-state index contributed by atoms with van der Waals surface area (Å²) in [6, 6.07) is 10.8. The molecule has 3 heterocycles. The van der Waals surface area contributed by atoms with E-state index in [4.69, 9.17) is 16.0 Å². The molecule has 1 aromatic carbocycles. The van der Waals surface area contributed by atoms with Crippen LogP contribution in [-0.4, -0.2) is 33.2 Å². The summed E-state index contributed by atoms with van der Waals surface area (Å²) in [5.74, 6) is 0.0936. The van der Waals surface area contributed by atoms with E-state index in [-0.39, 0.29) is 24.4 Å². The van der Waals surface area contributed by atoms with Gasteiger partial charge in [-0.1, -0.05) is 30.5 Å². The first kappa shape index (κ1) is 20.8. The Balaban J connectivity index is 1.61. The Morgan fingerprint density at radius 2 is 2.03 bits per heavy atom. The van der Waals surface area contributed by atoms with Gasteiger partial charge in [0.2, 0.25) is 5.91 Å². The van der Waals surface area contributed by atoms with Crippen LogP contribution in [0.4, 0.5) is 5.69 Å². The van der Waals surface area contributed by atoms with E-state index >= 15 is 0 Å². The van der Waals surface area contributed by atoms with Crippen molar-refractivity contribution >= 4 is 29.1 Å². The molecule has 2 aliphatic rings. The molecule has 0 saturated heterocycles. The van der Waals surface area contributed by atoms with Gasteiger partial charge in [0.25, 0.3) is 5.91 Å². The molecule has 32 heavy (non-hydrogen) atoms. The van der Waals surface area contributed by atoms with Crippen molar-refractivity contribution in [2.24, 2.45) is 0 Å². The zero-order chi connectivity index (χ0) is 22.5. The van der Waals surface area contributed by atoms with Crippen molar-refractivity contribution in [2.75, 3.05) is 4.90 Å². The number of halogens is 1. The second-order valence-electron chi connectivity index (χ2n) is 8.80. The molecule has 2 amide bonds. The maximum Gasteiger partial charge on any atom is 0.277 e. The van der Waals surface area contributed by atoms with Crippen LogP contribution in [0, 0.1) is 6.92 Å². The third-order valence-corrected chi connectivity index (χ3v) is 7.00. The molecule has 1 fully saturated rings. The SMILES string of the molecule is Cc1c(Cl)cccc1N1C(=O)c2cc(-c3ccco3)nn2CC1(C)C(=O)NC1CCCC1. The third-order valence-electron chi connectivity index (χ3n) is 6.59. The van der Waals surface area contributed by atoms with Gasteiger partial charge in [-0.15, -0.1) is 0 Å². The minimum atomic E-state index is -1.17. The largest absolute Gasteiger partial charge is 0.463 e. The number of nitrogens with zero attached hydrogens (tertiary/aromatic N) is 3. The number of hydrogen-bond acceptors (Lipinski definition) is 4. The maximum atomic E-state index is 13.8. The molecule has 7 nitrogen and oxygen atoms in total. The van der Waals surface area contributed by atoms with Crippen molar-refractivity contribution in [3.8, 4) is 11.5 Å². The lowest BCUT2D eigenvalue weighted by atomic mass is 9.92. The minimum Gasteiger partial charge on any atom is -0.463 e. The monoisotopic (exact) mass is 452 g/mol. The summed E-state index contributed by atoms with van der Waals surface area (Å²) >= 11 is 6.39. The molecule has 8 heteroatoms. The van der Waals surface area contributed by atoms with Crippen molar-refractivity contribution in [2.45, 2.75) is 57.7 Å². The average molecular weight is 453 g/mol. The number of anilines is 1. The number of fused-ring (bicyclic) bond motifs is 1. The normalized spacial score (nSPS) is 21.1. The number of hydrogen-bond donors (Lipinski definition) is 1. The van der Waals surface area contributed by atoms with Crippen LogP contribution in [-0.2, 0) is 11.3 Å². The highest BCUT2D eigenvalue weighted by Gasteiger charge is 2.50. The fraction of sp³-hybridized carbons (Fsp3) is 0.375. The molecule has 1 N–H and O–H groups in total. The van der Waals surface area contributed by atoms with Gasteiger partial charge >= 0.3 is 0 Å². The molecule has 0 bridgehead atoms. The topological polar surface area (TPSA) is 80.4 Å². The molecular weight excluding hydrogens is 428 g/mol. The smallest absolute Gasteiger partial charge is 0.277 e. The molecule has 1 saturated carbocycles. The molecule has 166 valence electrons. The van der Waals surface area contributed by atoms with Gasteiger partial charge in [-0.2, -0.15) is 5.10 Å². The van der Waals surface area contributed by atoms with E-state index in [0.29, 0.717) is 27.9 Å². The van der Waals surface area contributed by atoms with Crippen LogP contribution in [0.25, 0.3) is 11.5 Å². The Hall–Kier alpha value is -3.06. The minimum absolute atomic E-state index is 0.134. The number of furan rings is 1. The molecule has 3 aromatic rings. The summed E-state index contributed by atoms with van der Waals surface area (Å²) in [4.78, 5) is 29.1. The number of rotatable bonds is 4. The van der Waals surface area contributed by atoms with Crippen molar-refractivity contribution in [3.63, 3.8) is 0 Å². The van der Waals surface area contributed by atoms with Gasteiger partial charge < -0.3 is 9.73 Å². The van der Waals surface area contributed by atoms with Crippen LogP contribution < -0.4 is 10.2 Å².